The van der Waals surface area contributed by atoms with Gasteiger partial charge in [0.2, 0.25) is 0 Å². The maximum absolute atomic E-state index is 13.6. The zero-order chi connectivity index (χ0) is 10.4. The number of ether oxygens (including phenoxy) is 1. The van der Waals surface area contributed by atoms with E-state index in [1.165, 1.54) is 0 Å². The molecular formula is C11H12BrFO. The molecule has 0 radical (unpaired) electrons. The number of hydrogen-bond donors (Lipinski definition) is 0. The molecule has 14 heavy (non-hydrogen) atoms. The maximum Gasteiger partial charge on any atom is 0.175 e. The van der Waals surface area contributed by atoms with Crippen molar-refractivity contribution in [2.45, 2.75) is 23.3 Å². The second-order valence-corrected chi connectivity index (χ2v) is 5.20. The van der Waals surface area contributed by atoms with Gasteiger partial charge in [0.15, 0.2) is 4.58 Å². The lowest BCUT2D eigenvalue weighted by Crippen LogP contribution is -2.09. The van der Waals surface area contributed by atoms with Gasteiger partial charge in [-0.05, 0) is 33.6 Å². The van der Waals surface area contributed by atoms with E-state index in [9.17, 15) is 4.39 Å². The fraction of sp³-hybridized carbons (Fsp3) is 0.455. The smallest absolute Gasteiger partial charge is 0.175 e. The minimum atomic E-state index is -1.23. The molecule has 3 heteroatoms. The lowest BCUT2D eigenvalue weighted by Gasteiger charge is -2.11. The van der Waals surface area contributed by atoms with E-state index < -0.39 is 4.58 Å². The topological polar surface area (TPSA) is 9.23 Å². The molecule has 1 fully saturated rings. The summed E-state index contributed by atoms with van der Waals surface area (Å²) in [5, 5.41) is 0. The molecular weight excluding hydrogens is 247 g/mol. The van der Waals surface area contributed by atoms with Crippen LogP contribution in [0.5, 0.6) is 5.75 Å². The Morgan fingerprint density at radius 2 is 1.86 bits per heavy atom. The lowest BCUT2D eigenvalue weighted by molar-refractivity contribution is 0.399. The van der Waals surface area contributed by atoms with Gasteiger partial charge >= 0.3 is 0 Å². The summed E-state index contributed by atoms with van der Waals surface area (Å²) in [5.41, 5.74) is 0.636. The van der Waals surface area contributed by atoms with Crippen molar-refractivity contribution in [1.29, 1.82) is 0 Å². The van der Waals surface area contributed by atoms with Gasteiger partial charge in [0.25, 0.3) is 0 Å². The predicted molar refractivity (Wildman–Crippen MR) is 57.7 cm³/mol. The first-order valence-corrected chi connectivity index (χ1v) is 5.31. The fourth-order valence-corrected chi connectivity index (χ4v) is 2.46. The summed E-state index contributed by atoms with van der Waals surface area (Å²) in [6, 6.07) is 7.56. The second-order valence-electron chi connectivity index (χ2n) is 3.94. The molecule has 2 rings (SSSR count). The summed E-state index contributed by atoms with van der Waals surface area (Å²) in [6.07, 6.45) is 0.534. The average molecular weight is 259 g/mol. The van der Waals surface area contributed by atoms with Gasteiger partial charge in [-0.1, -0.05) is 19.1 Å². The van der Waals surface area contributed by atoms with Gasteiger partial charge in [0, 0.05) is 11.8 Å². The van der Waals surface area contributed by atoms with Crippen molar-refractivity contribution >= 4 is 15.9 Å². The normalized spacial score (nSPS) is 35.4. The minimum Gasteiger partial charge on any atom is -0.497 e. The third kappa shape index (κ3) is 1.34. The molecule has 0 bridgehead atoms. The van der Waals surface area contributed by atoms with Crippen LogP contribution >= 0.6 is 15.9 Å². The third-order valence-corrected chi connectivity index (χ3v) is 4.14. The summed E-state index contributed by atoms with van der Waals surface area (Å²) in [7, 11) is 1.62. The SMILES string of the molecule is COc1ccc(C2(C)CC2(F)Br)cc1. The van der Waals surface area contributed by atoms with Gasteiger partial charge in [-0.15, -0.1) is 0 Å². The molecule has 1 aliphatic rings. The molecule has 2 unspecified atom stereocenters. The van der Waals surface area contributed by atoms with Crippen LogP contribution in [0.2, 0.25) is 0 Å². The monoisotopic (exact) mass is 258 g/mol. The van der Waals surface area contributed by atoms with Gasteiger partial charge in [0.1, 0.15) is 5.75 Å². The molecule has 0 heterocycles. The molecule has 0 amide bonds. The van der Waals surface area contributed by atoms with Gasteiger partial charge in [-0.2, -0.15) is 0 Å². The van der Waals surface area contributed by atoms with Crippen molar-refractivity contribution in [3.63, 3.8) is 0 Å². The number of alkyl halides is 2. The number of rotatable bonds is 2. The highest BCUT2D eigenvalue weighted by molar-refractivity contribution is 9.10. The Hall–Kier alpha value is -0.570. The van der Waals surface area contributed by atoms with Gasteiger partial charge in [-0.25, -0.2) is 4.39 Å². The summed E-state index contributed by atoms with van der Waals surface area (Å²) in [6.45, 7) is 1.92. The van der Waals surface area contributed by atoms with Crippen molar-refractivity contribution in [1.82, 2.24) is 0 Å². The van der Waals surface area contributed by atoms with Crippen molar-refractivity contribution in [3.05, 3.63) is 29.8 Å². The van der Waals surface area contributed by atoms with Crippen LogP contribution in [-0.2, 0) is 5.41 Å². The van der Waals surface area contributed by atoms with Crippen LogP contribution in [0.15, 0.2) is 24.3 Å². The van der Waals surface area contributed by atoms with Crippen LogP contribution in [0.3, 0.4) is 0 Å². The first-order valence-electron chi connectivity index (χ1n) is 4.52. The number of halogens is 2. The molecule has 1 aliphatic carbocycles. The van der Waals surface area contributed by atoms with Crippen molar-refractivity contribution in [3.8, 4) is 5.75 Å². The van der Waals surface area contributed by atoms with Gasteiger partial charge in [-0.3, -0.25) is 0 Å². The van der Waals surface area contributed by atoms with E-state index in [2.05, 4.69) is 15.9 Å². The molecule has 0 N–H and O–H groups in total. The highest BCUT2D eigenvalue weighted by Crippen LogP contribution is 2.64. The molecule has 1 aromatic carbocycles. The Morgan fingerprint density at radius 3 is 2.21 bits per heavy atom. The van der Waals surface area contributed by atoms with E-state index in [1.807, 2.05) is 31.2 Å². The van der Waals surface area contributed by atoms with Crippen LogP contribution in [0.25, 0.3) is 0 Å². The van der Waals surface area contributed by atoms with E-state index >= 15 is 0 Å². The Morgan fingerprint density at radius 1 is 1.36 bits per heavy atom. The molecule has 1 saturated carbocycles. The van der Waals surface area contributed by atoms with Gasteiger partial charge < -0.3 is 4.74 Å². The van der Waals surface area contributed by atoms with E-state index in [0.717, 1.165) is 11.3 Å². The molecule has 0 spiro atoms. The van der Waals surface area contributed by atoms with Crippen LogP contribution in [0.1, 0.15) is 18.9 Å². The fourth-order valence-electron chi connectivity index (χ4n) is 1.67. The van der Waals surface area contributed by atoms with Crippen molar-refractivity contribution in [2.75, 3.05) is 7.11 Å². The van der Waals surface area contributed by atoms with Crippen LogP contribution < -0.4 is 4.74 Å². The van der Waals surface area contributed by atoms with Crippen molar-refractivity contribution < 1.29 is 9.13 Å². The quantitative estimate of drug-likeness (QED) is 0.739. The first-order chi connectivity index (χ1) is 6.49. The largest absolute Gasteiger partial charge is 0.497 e. The Balaban J connectivity index is 2.27. The van der Waals surface area contributed by atoms with Crippen molar-refractivity contribution in [2.24, 2.45) is 0 Å². The van der Waals surface area contributed by atoms with Crippen LogP contribution in [-0.4, -0.2) is 11.7 Å². The Kier molecular flexibility index (Phi) is 2.11. The van der Waals surface area contributed by atoms with Crippen LogP contribution in [0.4, 0.5) is 4.39 Å². The van der Waals surface area contributed by atoms with Crippen LogP contribution in [0, 0.1) is 0 Å². The van der Waals surface area contributed by atoms with E-state index in [-0.39, 0.29) is 5.41 Å². The second kappa shape index (κ2) is 2.96. The highest BCUT2D eigenvalue weighted by atomic mass is 79.9. The predicted octanol–water partition coefficient (Wildman–Crippen LogP) is 3.42. The van der Waals surface area contributed by atoms with Gasteiger partial charge in [0.05, 0.1) is 7.11 Å². The molecule has 76 valence electrons. The van der Waals surface area contributed by atoms with E-state index in [0.29, 0.717) is 6.42 Å². The zero-order valence-corrected chi connectivity index (χ0v) is 9.77. The summed E-state index contributed by atoms with van der Waals surface area (Å²) >= 11 is 3.08. The Labute approximate surface area is 91.4 Å². The minimum absolute atomic E-state index is 0.376. The first kappa shape index (κ1) is 9.97. The summed E-state index contributed by atoms with van der Waals surface area (Å²) in [5.74, 6) is 0.803. The third-order valence-electron chi connectivity index (χ3n) is 2.98. The molecule has 0 saturated heterocycles. The molecule has 1 aromatic rings. The zero-order valence-electron chi connectivity index (χ0n) is 8.18. The molecule has 2 atom stereocenters. The summed E-state index contributed by atoms with van der Waals surface area (Å²) in [4.78, 5) is 0. The maximum atomic E-state index is 13.6. The average Bonchev–Trinajstić information content (AvgIpc) is 2.68. The standard InChI is InChI=1S/C11H12BrFO/c1-10(7-11(10,12)13)8-3-5-9(14-2)6-4-8/h3-6H,7H2,1-2H3. The summed E-state index contributed by atoms with van der Waals surface area (Å²) < 4.78 is 17.4. The molecule has 0 aromatic heterocycles. The Bertz CT molecular complexity index is 347. The number of methoxy groups -OCH3 is 1. The number of hydrogen-bond acceptors (Lipinski definition) is 1. The highest BCUT2D eigenvalue weighted by Gasteiger charge is 2.65. The molecule has 1 nitrogen and oxygen atoms in total. The van der Waals surface area contributed by atoms with E-state index in [1.54, 1.807) is 7.11 Å². The van der Waals surface area contributed by atoms with E-state index in [4.69, 9.17) is 4.74 Å². The molecule has 0 aliphatic heterocycles. The number of benzene rings is 1. The lowest BCUT2D eigenvalue weighted by atomic mass is 9.98.